The van der Waals surface area contributed by atoms with Gasteiger partial charge in [0.05, 0.1) is 28.8 Å². The van der Waals surface area contributed by atoms with E-state index in [1.807, 2.05) is 60.7 Å². The lowest BCUT2D eigenvalue weighted by atomic mass is 9.78. The molecule has 1 atom stereocenters. The Morgan fingerprint density at radius 3 is 2.80 bits per heavy atom. The molecule has 0 saturated heterocycles. The first kappa shape index (κ1) is 28.0. The van der Waals surface area contributed by atoms with Gasteiger partial charge in [-0.3, -0.25) is 10.1 Å². The molecule has 0 saturated carbocycles. The van der Waals surface area contributed by atoms with Gasteiger partial charge in [0, 0.05) is 23.5 Å². The Morgan fingerprint density at radius 1 is 1.09 bits per heavy atom. The molecule has 0 bridgehead atoms. The van der Waals surface area contributed by atoms with Gasteiger partial charge in [-0.25, -0.2) is 14.8 Å². The molecule has 2 N–H and O–H groups in total. The van der Waals surface area contributed by atoms with Gasteiger partial charge in [0.25, 0.3) is 5.91 Å². The number of hydrogen-bond donors (Lipinski definition) is 2. The van der Waals surface area contributed by atoms with Gasteiger partial charge in [0.2, 0.25) is 0 Å². The summed E-state index contributed by atoms with van der Waals surface area (Å²) in [5.74, 6) is -0.522. The molecule has 2 aliphatic rings. The summed E-state index contributed by atoms with van der Waals surface area (Å²) in [5, 5.41) is 23.2. The zero-order valence-corrected chi connectivity index (χ0v) is 25.2. The number of anilines is 2. The lowest BCUT2D eigenvalue weighted by Gasteiger charge is -2.29. The highest BCUT2D eigenvalue weighted by atomic mass is 32.1. The van der Waals surface area contributed by atoms with E-state index in [4.69, 9.17) is 10.00 Å². The highest BCUT2D eigenvalue weighted by Gasteiger charge is 2.28. The van der Waals surface area contributed by atoms with Gasteiger partial charge in [0.15, 0.2) is 16.0 Å². The van der Waals surface area contributed by atoms with Gasteiger partial charge in [-0.2, -0.15) is 5.26 Å². The van der Waals surface area contributed by atoms with Gasteiger partial charge >= 0.3 is 5.97 Å². The van der Waals surface area contributed by atoms with E-state index in [1.165, 1.54) is 22.7 Å². The number of benzene rings is 3. The van der Waals surface area contributed by atoms with Crippen LogP contribution in [0.1, 0.15) is 60.3 Å². The molecule has 220 valence electrons. The van der Waals surface area contributed by atoms with Crippen LogP contribution in [0.4, 0.5) is 10.3 Å². The minimum absolute atomic E-state index is 0.0180. The van der Waals surface area contributed by atoms with Crippen molar-refractivity contribution in [3.8, 4) is 11.8 Å². The van der Waals surface area contributed by atoms with Crippen molar-refractivity contribution in [1.29, 1.82) is 5.26 Å². The Labute approximate surface area is 261 Å². The zero-order chi connectivity index (χ0) is 30.2. The van der Waals surface area contributed by atoms with Crippen molar-refractivity contribution in [1.82, 2.24) is 9.97 Å². The molecule has 9 nitrogen and oxygen atoms in total. The maximum absolute atomic E-state index is 13.4. The number of aromatic carboxylic acids is 1. The van der Waals surface area contributed by atoms with E-state index in [-0.39, 0.29) is 17.5 Å². The van der Waals surface area contributed by atoms with E-state index in [2.05, 4.69) is 26.3 Å². The number of carboxylic acid groups (broad SMARTS) is 1. The molecular formula is C33H27N5O4S2. The van der Waals surface area contributed by atoms with Crippen LogP contribution >= 0.6 is 22.7 Å². The topological polar surface area (TPSA) is 128 Å². The molecule has 0 unspecified atom stereocenters. The third-order valence-electron chi connectivity index (χ3n) is 8.08. The molecule has 0 radical (unpaired) electrons. The molecule has 1 aliphatic carbocycles. The Kier molecular flexibility index (Phi) is 7.46. The number of ether oxygens (including phenoxy) is 1. The standard InChI is InChI=1S/C33H27N5O4S2/c34-17-21-15-20-16-22(10-11-23(20)21)42-14-4-9-28-29(31(40)41)36-33(44-28)38-13-12-19-5-3-6-24(25(19)18-38)30(39)37-32-35-26-7-1-2-8-27(26)43-32/h1-3,5-8,10-11,16,21H,4,9,12-15,18H2,(H,40,41)(H,35,37,39)/t21-/m0/s1. The number of para-hydroxylation sites is 1. The fraction of sp³-hybridized carbons (Fsp3) is 0.242. The van der Waals surface area contributed by atoms with Gasteiger partial charge < -0.3 is 14.7 Å². The number of nitriles is 1. The number of thiazole rings is 2. The first-order chi connectivity index (χ1) is 21.5. The molecule has 44 heavy (non-hydrogen) atoms. The van der Waals surface area contributed by atoms with E-state index >= 15 is 0 Å². The van der Waals surface area contributed by atoms with Crippen LogP contribution in [0.25, 0.3) is 10.2 Å². The fourth-order valence-electron chi connectivity index (χ4n) is 5.78. The number of hydrogen-bond acceptors (Lipinski definition) is 9. The van der Waals surface area contributed by atoms with Crippen molar-refractivity contribution in [2.24, 2.45) is 0 Å². The maximum atomic E-state index is 13.4. The molecule has 7 rings (SSSR count). The number of aromatic nitrogens is 2. The van der Waals surface area contributed by atoms with Crippen molar-refractivity contribution < 1.29 is 19.4 Å². The summed E-state index contributed by atoms with van der Waals surface area (Å²) >= 11 is 2.83. The Morgan fingerprint density at radius 2 is 1.98 bits per heavy atom. The van der Waals surface area contributed by atoms with Crippen molar-refractivity contribution in [3.63, 3.8) is 0 Å². The quantitative estimate of drug-likeness (QED) is 0.180. The third-order valence-corrected chi connectivity index (χ3v) is 10.2. The van der Waals surface area contributed by atoms with Crippen LogP contribution in [-0.4, -0.2) is 40.1 Å². The largest absolute Gasteiger partial charge is 0.494 e. The van der Waals surface area contributed by atoms with Crippen molar-refractivity contribution >= 4 is 55.0 Å². The number of nitrogens with one attached hydrogen (secondary N) is 1. The first-order valence-corrected chi connectivity index (χ1v) is 16.0. The molecule has 3 aromatic carbocycles. The number of aryl methyl sites for hydroxylation is 1. The molecule has 1 amide bonds. The highest BCUT2D eigenvalue weighted by Crippen LogP contribution is 2.37. The fourth-order valence-corrected chi connectivity index (χ4v) is 7.76. The summed E-state index contributed by atoms with van der Waals surface area (Å²) in [4.78, 5) is 37.3. The van der Waals surface area contributed by atoms with Crippen LogP contribution in [0.15, 0.2) is 60.7 Å². The smallest absolute Gasteiger partial charge is 0.355 e. The molecule has 0 spiro atoms. The Balaban J connectivity index is 1.03. The summed E-state index contributed by atoms with van der Waals surface area (Å²) in [5.41, 5.74) is 5.74. The van der Waals surface area contributed by atoms with Gasteiger partial charge in [-0.1, -0.05) is 41.7 Å². The number of carbonyl (C=O) groups excluding carboxylic acids is 1. The normalized spacial score (nSPS) is 15.2. The van der Waals surface area contributed by atoms with Crippen LogP contribution in [0.5, 0.6) is 5.75 Å². The zero-order valence-electron chi connectivity index (χ0n) is 23.6. The van der Waals surface area contributed by atoms with Crippen molar-refractivity contribution in [2.45, 2.75) is 38.1 Å². The van der Waals surface area contributed by atoms with Gasteiger partial charge in [-0.05, 0) is 78.3 Å². The number of carboxylic acids is 1. The van der Waals surface area contributed by atoms with Crippen LogP contribution in [0, 0.1) is 11.3 Å². The number of fused-ring (bicyclic) bond motifs is 3. The molecule has 5 aromatic rings. The summed E-state index contributed by atoms with van der Waals surface area (Å²) < 4.78 is 6.93. The second-order valence-electron chi connectivity index (χ2n) is 10.8. The third kappa shape index (κ3) is 5.38. The minimum Gasteiger partial charge on any atom is -0.494 e. The maximum Gasteiger partial charge on any atom is 0.355 e. The van der Waals surface area contributed by atoms with Crippen LogP contribution in [0.3, 0.4) is 0 Å². The van der Waals surface area contributed by atoms with Gasteiger partial charge in [-0.15, -0.1) is 11.3 Å². The van der Waals surface area contributed by atoms with E-state index in [0.29, 0.717) is 53.2 Å². The summed E-state index contributed by atoms with van der Waals surface area (Å²) in [6.07, 6.45) is 2.64. The van der Waals surface area contributed by atoms with Crippen LogP contribution in [0.2, 0.25) is 0 Å². The lowest BCUT2D eigenvalue weighted by Crippen LogP contribution is -2.32. The molecule has 2 aromatic heterocycles. The number of carbonyl (C=O) groups is 2. The first-order valence-electron chi connectivity index (χ1n) is 14.4. The van der Waals surface area contributed by atoms with Gasteiger partial charge in [0.1, 0.15) is 5.75 Å². The SMILES string of the molecule is N#C[C@@H]1Cc2cc(OCCCc3sc(N4CCc5cccc(C(=O)Nc6nc7ccccc7s6)c5C4)nc3C(=O)O)ccc21. The van der Waals surface area contributed by atoms with E-state index in [9.17, 15) is 14.7 Å². The molecular weight excluding hydrogens is 595 g/mol. The number of amides is 1. The Hall–Kier alpha value is -4.79. The molecule has 11 heteroatoms. The van der Waals surface area contributed by atoms with E-state index < -0.39 is 5.97 Å². The monoisotopic (exact) mass is 621 g/mol. The second kappa shape index (κ2) is 11.7. The second-order valence-corrected chi connectivity index (χ2v) is 12.9. The summed E-state index contributed by atoms with van der Waals surface area (Å²) in [6, 6.07) is 21.6. The summed E-state index contributed by atoms with van der Waals surface area (Å²) in [6.45, 7) is 1.58. The van der Waals surface area contributed by atoms with Crippen LogP contribution in [-0.2, 0) is 25.8 Å². The number of rotatable bonds is 9. The predicted octanol–water partition coefficient (Wildman–Crippen LogP) is 6.44. The summed E-state index contributed by atoms with van der Waals surface area (Å²) in [7, 11) is 0. The van der Waals surface area contributed by atoms with Crippen molar-refractivity contribution in [3.05, 3.63) is 99.1 Å². The number of nitrogens with zero attached hydrogens (tertiary/aromatic N) is 4. The average molecular weight is 622 g/mol. The van der Waals surface area contributed by atoms with E-state index in [1.54, 1.807) is 0 Å². The average Bonchev–Trinajstić information content (AvgIpc) is 3.64. The minimum atomic E-state index is -1.05. The predicted molar refractivity (Wildman–Crippen MR) is 170 cm³/mol. The Bertz CT molecular complexity index is 1930. The molecule has 1 aliphatic heterocycles. The van der Waals surface area contributed by atoms with Crippen LogP contribution < -0.4 is 15.0 Å². The van der Waals surface area contributed by atoms with E-state index in [0.717, 1.165) is 51.1 Å². The molecule has 0 fully saturated rings. The van der Waals surface area contributed by atoms with Crippen molar-refractivity contribution in [2.75, 3.05) is 23.4 Å². The lowest BCUT2D eigenvalue weighted by molar-refractivity contribution is 0.0690. The highest BCUT2D eigenvalue weighted by molar-refractivity contribution is 7.22. The molecule has 3 heterocycles.